The van der Waals surface area contributed by atoms with E-state index in [-0.39, 0.29) is 22.8 Å². The zero-order valence-electron chi connectivity index (χ0n) is 14.9. The molecule has 0 fully saturated rings. The first kappa shape index (κ1) is 19.7. The maximum atomic E-state index is 12.5. The molecule has 1 heterocycles. The van der Waals surface area contributed by atoms with E-state index in [0.29, 0.717) is 11.6 Å². The summed E-state index contributed by atoms with van der Waals surface area (Å²) in [5, 5.41) is 3.45. The van der Waals surface area contributed by atoms with Crippen LogP contribution in [-0.2, 0) is 18.3 Å². The molecule has 5 nitrogen and oxygen atoms in total. The van der Waals surface area contributed by atoms with Crippen molar-refractivity contribution in [2.75, 3.05) is 0 Å². The molecule has 1 rings (SSSR count). The van der Waals surface area contributed by atoms with Crippen LogP contribution >= 0.6 is 11.8 Å². The number of carbonyl (C=O) groups is 1. The molecule has 23 heavy (non-hydrogen) atoms. The second-order valence-corrected chi connectivity index (χ2v) is 7.02. The Morgan fingerprint density at radius 3 is 2.65 bits per heavy atom. The van der Waals surface area contributed by atoms with Crippen LogP contribution in [0.1, 0.15) is 59.1 Å². The highest BCUT2D eigenvalue weighted by Gasteiger charge is 2.22. The summed E-state index contributed by atoms with van der Waals surface area (Å²) in [5.74, 6) is 0.0361. The lowest BCUT2D eigenvalue weighted by Gasteiger charge is -2.20. The van der Waals surface area contributed by atoms with E-state index in [0.717, 1.165) is 31.4 Å². The molecular formula is C17H29N3O2S. The third-order valence-electron chi connectivity index (χ3n) is 3.87. The van der Waals surface area contributed by atoms with Crippen molar-refractivity contribution < 1.29 is 4.79 Å². The molecule has 2 atom stereocenters. The van der Waals surface area contributed by atoms with Crippen LogP contribution in [0.5, 0.6) is 0 Å². The molecule has 130 valence electrons. The van der Waals surface area contributed by atoms with Crippen LogP contribution in [-0.4, -0.2) is 26.8 Å². The number of carbonyl (C=O) groups excluding carboxylic acids is 1. The van der Waals surface area contributed by atoms with Gasteiger partial charge in [-0.3, -0.25) is 14.2 Å². The van der Waals surface area contributed by atoms with Gasteiger partial charge in [-0.1, -0.05) is 45.4 Å². The Morgan fingerprint density at radius 2 is 2.09 bits per heavy atom. The second-order valence-electron chi connectivity index (χ2n) is 5.85. The first-order chi connectivity index (χ1) is 10.9. The number of thioether (sulfide) groups is 1. The van der Waals surface area contributed by atoms with Gasteiger partial charge in [-0.05, 0) is 26.2 Å². The summed E-state index contributed by atoms with van der Waals surface area (Å²) in [6.07, 6.45) is 4.42. The lowest BCUT2D eigenvalue weighted by molar-refractivity contribution is -0.121. The van der Waals surface area contributed by atoms with E-state index in [1.165, 1.54) is 16.3 Å². The Kier molecular flexibility index (Phi) is 8.37. The highest BCUT2D eigenvalue weighted by molar-refractivity contribution is 8.00. The van der Waals surface area contributed by atoms with Crippen LogP contribution in [0.25, 0.3) is 0 Å². The van der Waals surface area contributed by atoms with Crippen molar-refractivity contribution in [3.63, 3.8) is 0 Å². The summed E-state index contributed by atoms with van der Waals surface area (Å²) in [6, 6.07) is 1.72. The van der Waals surface area contributed by atoms with Crippen molar-refractivity contribution in [2.24, 2.45) is 7.05 Å². The van der Waals surface area contributed by atoms with Gasteiger partial charge in [0.1, 0.15) is 0 Å². The van der Waals surface area contributed by atoms with Crippen LogP contribution in [0.2, 0.25) is 0 Å². The van der Waals surface area contributed by atoms with E-state index >= 15 is 0 Å². The van der Waals surface area contributed by atoms with Gasteiger partial charge < -0.3 is 5.32 Å². The molecule has 0 bridgehead atoms. The normalized spacial score (nSPS) is 13.6. The lowest BCUT2D eigenvalue weighted by atomic mass is 10.2. The van der Waals surface area contributed by atoms with Gasteiger partial charge in [0.25, 0.3) is 5.56 Å². The van der Waals surface area contributed by atoms with E-state index in [4.69, 9.17) is 0 Å². The number of aromatic nitrogens is 2. The van der Waals surface area contributed by atoms with Gasteiger partial charge in [0.05, 0.1) is 5.25 Å². The highest BCUT2D eigenvalue weighted by atomic mass is 32.2. The quantitative estimate of drug-likeness (QED) is 0.555. The average Bonchev–Trinajstić information content (AvgIpc) is 2.54. The molecule has 1 amide bonds. The molecule has 1 aromatic heterocycles. The largest absolute Gasteiger partial charge is 0.353 e. The van der Waals surface area contributed by atoms with Crippen molar-refractivity contribution in [2.45, 2.75) is 76.2 Å². The molecule has 6 heteroatoms. The Morgan fingerprint density at radius 1 is 1.39 bits per heavy atom. The molecule has 0 radical (unpaired) electrons. The van der Waals surface area contributed by atoms with Crippen LogP contribution in [0.4, 0.5) is 0 Å². The van der Waals surface area contributed by atoms with Crippen molar-refractivity contribution in [3.05, 3.63) is 22.1 Å². The molecule has 0 saturated carbocycles. The van der Waals surface area contributed by atoms with E-state index in [1.54, 1.807) is 13.1 Å². The number of amides is 1. The fraction of sp³-hybridized carbons (Fsp3) is 0.706. The number of aryl methyl sites for hydroxylation is 1. The minimum absolute atomic E-state index is 0.0361. The first-order valence-electron chi connectivity index (χ1n) is 8.46. The Labute approximate surface area is 143 Å². The van der Waals surface area contributed by atoms with E-state index in [2.05, 4.69) is 24.1 Å². The molecule has 2 unspecified atom stereocenters. The predicted octanol–water partition coefficient (Wildman–Crippen LogP) is 2.91. The summed E-state index contributed by atoms with van der Waals surface area (Å²) >= 11 is 1.40. The van der Waals surface area contributed by atoms with Crippen LogP contribution < -0.4 is 10.9 Å². The third kappa shape index (κ3) is 6.01. The number of unbranched alkanes of at least 4 members (excludes halogenated alkanes) is 1. The standard InChI is InChI=1S/C17H29N3O2S/c1-6-9-10-14(16(22)18-12(4)7-2)23-17-19-13(8-3)11-15(21)20(17)5/h11-12,14H,6-10H2,1-5H3,(H,18,22). The van der Waals surface area contributed by atoms with Gasteiger partial charge in [0, 0.05) is 24.8 Å². The van der Waals surface area contributed by atoms with E-state index < -0.39 is 0 Å². The predicted molar refractivity (Wildman–Crippen MR) is 95.9 cm³/mol. The molecule has 0 aliphatic rings. The summed E-state index contributed by atoms with van der Waals surface area (Å²) in [6.45, 7) is 8.14. The maximum Gasteiger partial charge on any atom is 0.254 e. The van der Waals surface area contributed by atoms with Crippen molar-refractivity contribution in [3.8, 4) is 0 Å². The van der Waals surface area contributed by atoms with Crippen molar-refractivity contribution in [1.82, 2.24) is 14.9 Å². The molecule has 0 spiro atoms. The molecule has 1 N–H and O–H groups in total. The summed E-state index contributed by atoms with van der Waals surface area (Å²) in [5.41, 5.74) is 0.697. The third-order valence-corrected chi connectivity index (χ3v) is 5.18. The first-order valence-corrected chi connectivity index (χ1v) is 9.34. The topological polar surface area (TPSA) is 64.0 Å². The average molecular weight is 340 g/mol. The zero-order valence-corrected chi connectivity index (χ0v) is 15.7. The molecular weight excluding hydrogens is 310 g/mol. The van der Waals surface area contributed by atoms with Gasteiger partial charge in [-0.2, -0.15) is 0 Å². The Bertz CT molecular complexity index is 571. The van der Waals surface area contributed by atoms with Crippen LogP contribution in [0.15, 0.2) is 16.0 Å². The molecule has 0 aliphatic carbocycles. The van der Waals surface area contributed by atoms with Crippen LogP contribution in [0, 0.1) is 0 Å². The Balaban J connectivity index is 2.98. The van der Waals surface area contributed by atoms with E-state index in [9.17, 15) is 9.59 Å². The number of nitrogens with zero attached hydrogens (tertiary/aromatic N) is 2. The highest BCUT2D eigenvalue weighted by Crippen LogP contribution is 2.25. The molecule has 0 aliphatic heterocycles. The minimum Gasteiger partial charge on any atom is -0.353 e. The number of rotatable bonds is 9. The maximum absolute atomic E-state index is 12.5. The SMILES string of the molecule is CCCCC(Sc1nc(CC)cc(=O)n1C)C(=O)NC(C)CC. The number of hydrogen-bond acceptors (Lipinski definition) is 4. The number of nitrogens with one attached hydrogen (secondary N) is 1. The van der Waals surface area contributed by atoms with E-state index in [1.807, 2.05) is 13.8 Å². The minimum atomic E-state index is -0.214. The van der Waals surface area contributed by atoms with Crippen LogP contribution in [0.3, 0.4) is 0 Å². The monoisotopic (exact) mass is 339 g/mol. The summed E-state index contributed by atoms with van der Waals surface area (Å²) in [7, 11) is 1.71. The van der Waals surface area contributed by atoms with Crippen molar-refractivity contribution in [1.29, 1.82) is 0 Å². The van der Waals surface area contributed by atoms with Gasteiger partial charge in [-0.15, -0.1) is 0 Å². The van der Waals surface area contributed by atoms with Crippen molar-refractivity contribution >= 4 is 17.7 Å². The van der Waals surface area contributed by atoms with Gasteiger partial charge >= 0.3 is 0 Å². The zero-order chi connectivity index (χ0) is 17.4. The number of hydrogen-bond donors (Lipinski definition) is 1. The van der Waals surface area contributed by atoms with Gasteiger partial charge in [0.2, 0.25) is 5.91 Å². The van der Waals surface area contributed by atoms with Gasteiger partial charge in [0.15, 0.2) is 5.16 Å². The lowest BCUT2D eigenvalue weighted by Crippen LogP contribution is -2.38. The van der Waals surface area contributed by atoms with Gasteiger partial charge in [-0.25, -0.2) is 4.98 Å². The summed E-state index contributed by atoms with van der Waals surface area (Å²) in [4.78, 5) is 29.1. The molecule has 0 saturated heterocycles. The molecule has 1 aromatic rings. The smallest absolute Gasteiger partial charge is 0.254 e. The fourth-order valence-corrected chi connectivity index (χ4v) is 3.18. The fourth-order valence-electron chi connectivity index (χ4n) is 2.05. The molecule has 0 aromatic carbocycles. The summed E-state index contributed by atoms with van der Waals surface area (Å²) < 4.78 is 1.53. The second kappa shape index (κ2) is 9.75. The Hall–Kier alpha value is -1.30.